The first kappa shape index (κ1) is 23.2. The Balaban J connectivity index is 2.11. The molecule has 9 heteroatoms. The van der Waals surface area contributed by atoms with E-state index in [0.29, 0.717) is 11.1 Å². The van der Waals surface area contributed by atoms with E-state index >= 15 is 0 Å². The van der Waals surface area contributed by atoms with E-state index in [2.05, 4.69) is 5.32 Å². The second-order valence-corrected chi connectivity index (χ2v) is 6.67. The number of hydrogen-bond donors (Lipinski definition) is 2. The minimum Gasteiger partial charge on any atom is -0.387 e. The summed E-state index contributed by atoms with van der Waals surface area (Å²) in [4.78, 5) is 0. The summed E-state index contributed by atoms with van der Waals surface area (Å²) < 4.78 is 88.1. The predicted octanol–water partition coefficient (Wildman–Crippen LogP) is 5.42. The van der Waals surface area contributed by atoms with Crippen LogP contribution in [0.5, 0.6) is 0 Å². The third-order valence-electron chi connectivity index (χ3n) is 4.37. The quantitative estimate of drug-likeness (QED) is 0.439. The molecular weight excluding hydrogens is 403 g/mol. The summed E-state index contributed by atoms with van der Waals surface area (Å²) in [7, 11) is 0. The Kier molecular flexibility index (Phi) is 7.65. The van der Waals surface area contributed by atoms with Crippen molar-refractivity contribution >= 4 is 0 Å². The lowest BCUT2D eigenvalue weighted by Gasteiger charge is -2.25. The molecule has 2 aromatic rings. The van der Waals surface area contributed by atoms with Gasteiger partial charge in [-0.05, 0) is 54.8 Å². The second-order valence-electron chi connectivity index (χ2n) is 6.67. The lowest BCUT2D eigenvalue weighted by atomic mass is 9.95. The molecule has 0 aliphatic heterocycles. The average Bonchev–Trinajstić information content (AvgIpc) is 2.63. The van der Waals surface area contributed by atoms with Gasteiger partial charge in [-0.2, -0.15) is 26.3 Å². The van der Waals surface area contributed by atoms with Gasteiger partial charge in [-0.3, -0.25) is 0 Å². The van der Waals surface area contributed by atoms with Gasteiger partial charge in [0.15, 0.2) is 0 Å². The molecule has 2 nitrogen and oxygen atoms in total. The SMILES string of the molecule is OC(c1ccc(F)cc1)C(Cc1ccc(C(F)(F)F)cc1)NCCCC(F)(F)F. The fraction of sp³-hybridized carbons (Fsp3) is 0.400. The van der Waals surface area contributed by atoms with Gasteiger partial charge in [-0.1, -0.05) is 24.3 Å². The Hall–Kier alpha value is -2.13. The van der Waals surface area contributed by atoms with Crippen molar-refractivity contribution in [3.05, 3.63) is 71.0 Å². The first-order chi connectivity index (χ1) is 13.5. The minimum absolute atomic E-state index is 0.0525. The Morgan fingerprint density at radius 3 is 1.97 bits per heavy atom. The molecule has 2 rings (SSSR count). The summed E-state index contributed by atoms with van der Waals surface area (Å²) in [5, 5.41) is 13.4. The average molecular weight is 423 g/mol. The molecule has 0 aliphatic carbocycles. The summed E-state index contributed by atoms with van der Waals surface area (Å²) in [5.41, 5.74) is -0.0193. The van der Waals surface area contributed by atoms with Crippen LogP contribution in [0.15, 0.2) is 48.5 Å². The Morgan fingerprint density at radius 2 is 1.45 bits per heavy atom. The molecule has 2 atom stereocenters. The zero-order valence-corrected chi connectivity index (χ0v) is 15.2. The van der Waals surface area contributed by atoms with Gasteiger partial charge in [-0.15, -0.1) is 0 Å². The number of rotatable bonds is 8. The standard InChI is InChI=1S/C20H20F7NO/c21-16-8-4-14(5-9-16)18(29)17(28-11-1-10-19(22,23)24)12-13-2-6-15(7-3-13)20(25,26)27/h2-9,17-18,28-29H,1,10-12H2. The molecule has 2 unspecified atom stereocenters. The van der Waals surface area contributed by atoms with Crippen molar-refractivity contribution in [1.29, 1.82) is 0 Å². The molecule has 0 aliphatic rings. The first-order valence-corrected chi connectivity index (χ1v) is 8.85. The molecule has 0 saturated carbocycles. The molecule has 2 aromatic carbocycles. The lowest BCUT2D eigenvalue weighted by Crippen LogP contribution is -2.38. The molecule has 0 radical (unpaired) electrons. The number of aliphatic hydroxyl groups is 1. The highest BCUT2D eigenvalue weighted by Gasteiger charge is 2.30. The van der Waals surface area contributed by atoms with E-state index in [1.54, 1.807) is 0 Å². The monoisotopic (exact) mass is 423 g/mol. The van der Waals surface area contributed by atoms with Crippen LogP contribution in [-0.2, 0) is 12.6 Å². The maximum absolute atomic E-state index is 13.1. The maximum atomic E-state index is 13.1. The zero-order chi connectivity index (χ0) is 21.7. The van der Waals surface area contributed by atoms with Gasteiger partial charge in [0.05, 0.1) is 11.7 Å². The smallest absolute Gasteiger partial charge is 0.387 e. The molecule has 0 fully saturated rings. The number of alkyl halides is 6. The predicted molar refractivity (Wildman–Crippen MR) is 93.6 cm³/mol. The molecule has 0 amide bonds. The summed E-state index contributed by atoms with van der Waals surface area (Å²) in [6.45, 7) is -0.0525. The van der Waals surface area contributed by atoms with E-state index in [9.17, 15) is 35.8 Å². The van der Waals surface area contributed by atoms with Crippen molar-refractivity contribution in [2.75, 3.05) is 6.54 Å². The van der Waals surface area contributed by atoms with Crippen LogP contribution in [0.2, 0.25) is 0 Å². The number of nitrogens with one attached hydrogen (secondary N) is 1. The van der Waals surface area contributed by atoms with Crippen molar-refractivity contribution < 1.29 is 35.8 Å². The summed E-state index contributed by atoms with van der Waals surface area (Å²) >= 11 is 0. The van der Waals surface area contributed by atoms with Crippen molar-refractivity contribution in [2.45, 2.75) is 43.8 Å². The third kappa shape index (κ3) is 7.66. The van der Waals surface area contributed by atoms with Crippen LogP contribution in [-0.4, -0.2) is 23.9 Å². The van der Waals surface area contributed by atoms with Gasteiger partial charge in [0.2, 0.25) is 0 Å². The summed E-state index contributed by atoms with van der Waals surface area (Å²) in [6.07, 6.45) is -11.1. The highest BCUT2D eigenvalue weighted by atomic mass is 19.4. The first-order valence-electron chi connectivity index (χ1n) is 8.85. The van der Waals surface area contributed by atoms with E-state index in [4.69, 9.17) is 0 Å². The molecule has 2 N–H and O–H groups in total. The third-order valence-corrected chi connectivity index (χ3v) is 4.37. The van der Waals surface area contributed by atoms with E-state index < -0.39 is 42.3 Å². The normalized spacial score (nSPS) is 14.6. The van der Waals surface area contributed by atoms with E-state index in [1.165, 1.54) is 24.3 Å². The summed E-state index contributed by atoms with van der Waals surface area (Å²) in [5.74, 6) is -0.515. The van der Waals surface area contributed by atoms with Gasteiger partial charge >= 0.3 is 12.4 Å². The molecule has 0 bridgehead atoms. The van der Waals surface area contributed by atoms with Gasteiger partial charge in [0.1, 0.15) is 5.82 Å². The minimum atomic E-state index is -4.48. The maximum Gasteiger partial charge on any atom is 0.416 e. The van der Waals surface area contributed by atoms with Gasteiger partial charge in [0, 0.05) is 12.5 Å². The van der Waals surface area contributed by atoms with Crippen molar-refractivity contribution in [2.24, 2.45) is 0 Å². The van der Waals surface area contributed by atoms with E-state index in [1.807, 2.05) is 0 Å². The van der Waals surface area contributed by atoms with Crippen LogP contribution in [0.1, 0.15) is 35.6 Å². The molecule has 0 aromatic heterocycles. The van der Waals surface area contributed by atoms with E-state index in [0.717, 1.165) is 24.3 Å². The molecule has 160 valence electrons. The fourth-order valence-electron chi connectivity index (χ4n) is 2.85. The van der Waals surface area contributed by atoms with Crippen molar-refractivity contribution in [1.82, 2.24) is 5.32 Å². The largest absolute Gasteiger partial charge is 0.416 e. The topological polar surface area (TPSA) is 32.3 Å². The number of benzene rings is 2. The lowest BCUT2D eigenvalue weighted by molar-refractivity contribution is -0.137. The Bertz CT molecular complexity index is 754. The second kappa shape index (κ2) is 9.58. The molecular formula is C20H20F7NO. The Labute approximate surface area is 163 Å². The van der Waals surface area contributed by atoms with E-state index in [-0.39, 0.29) is 19.4 Å². The highest BCUT2D eigenvalue weighted by molar-refractivity contribution is 5.26. The molecule has 0 spiro atoms. The van der Waals surface area contributed by atoms with Crippen LogP contribution in [0.4, 0.5) is 30.7 Å². The highest BCUT2D eigenvalue weighted by Crippen LogP contribution is 2.30. The fourth-order valence-corrected chi connectivity index (χ4v) is 2.85. The molecule has 0 heterocycles. The van der Waals surface area contributed by atoms with Crippen molar-refractivity contribution in [3.63, 3.8) is 0 Å². The van der Waals surface area contributed by atoms with Crippen molar-refractivity contribution in [3.8, 4) is 0 Å². The van der Waals surface area contributed by atoms with Crippen LogP contribution in [0.25, 0.3) is 0 Å². The van der Waals surface area contributed by atoms with Gasteiger partial charge in [-0.25, -0.2) is 4.39 Å². The van der Waals surface area contributed by atoms with Crippen LogP contribution < -0.4 is 5.32 Å². The van der Waals surface area contributed by atoms with Crippen LogP contribution >= 0.6 is 0 Å². The van der Waals surface area contributed by atoms with Gasteiger partial charge in [0.25, 0.3) is 0 Å². The van der Waals surface area contributed by atoms with Crippen LogP contribution in [0, 0.1) is 5.82 Å². The van der Waals surface area contributed by atoms with Gasteiger partial charge < -0.3 is 10.4 Å². The molecule has 0 saturated heterocycles. The summed E-state index contributed by atoms with van der Waals surface area (Å²) in [6, 6.07) is 8.50. The van der Waals surface area contributed by atoms with Crippen LogP contribution in [0.3, 0.4) is 0 Å². The number of halogens is 7. The number of hydrogen-bond acceptors (Lipinski definition) is 2. The zero-order valence-electron chi connectivity index (χ0n) is 15.2. The molecule has 29 heavy (non-hydrogen) atoms. The Morgan fingerprint density at radius 1 is 0.862 bits per heavy atom. The number of aliphatic hydroxyl groups excluding tert-OH is 1.